The first kappa shape index (κ1) is 62.6. The third-order valence-electron chi connectivity index (χ3n) is 12.6. The van der Waals surface area contributed by atoms with Gasteiger partial charge in [0.05, 0.1) is 0 Å². The Morgan fingerprint density at radius 1 is 0.308 bits per heavy atom. The van der Waals surface area contributed by atoms with Crippen molar-refractivity contribution in [2.75, 3.05) is 13.2 Å². The second kappa shape index (κ2) is 54.2. The number of ether oxygens (including phenoxy) is 3. The molecule has 0 aromatic carbocycles. The molecule has 0 aromatic heterocycles. The number of carbonyl (C=O) groups excluding carboxylic acids is 3. The van der Waals surface area contributed by atoms with Crippen LogP contribution in [0.25, 0.3) is 0 Å². The normalized spacial score (nSPS) is 12.2. The zero-order valence-corrected chi connectivity index (χ0v) is 43.5. The molecule has 0 aliphatic rings. The molecule has 0 aliphatic carbocycles. The lowest BCUT2D eigenvalue weighted by Gasteiger charge is -2.18. The van der Waals surface area contributed by atoms with E-state index in [1.54, 1.807) is 0 Å². The molecular weight excluding hydrogens is 805 g/mol. The molecule has 0 rings (SSSR count). The molecule has 0 fully saturated rings. The second-order valence-corrected chi connectivity index (χ2v) is 19.2. The fourth-order valence-corrected chi connectivity index (χ4v) is 8.29. The Morgan fingerprint density at radius 2 is 0.554 bits per heavy atom. The van der Waals surface area contributed by atoms with E-state index >= 15 is 0 Å². The molecule has 65 heavy (non-hydrogen) atoms. The fourth-order valence-electron chi connectivity index (χ4n) is 8.29. The van der Waals surface area contributed by atoms with Gasteiger partial charge < -0.3 is 14.2 Å². The van der Waals surface area contributed by atoms with Crippen molar-refractivity contribution in [2.45, 2.75) is 309 Å². The number of allylic oxidation sites excluding steroid dienone is 6. The highest BCUT2D eigenvalue weighted by molar-refractivity contribution is 5.71. The monoisotopic (exact) mass is 913 g/mol. The molecule has 0 amide bonds. The van der Waals surface area contributed by atoms with Gasteiger partial charge in [0.15, 0.2) is 6.10 Å². The van der Waals surface area contributed by atoms with Crippen molar-refractivity contribution in [1.29, 1.82) is 0 Å². The van der Waals surface area contributed by atoms with Crippen molar-refractivity contribution < 1.29 is 28.6 Å². The number of carbonyl (C=O) groups is 3. The van der Waals surface area contributed by atoms with E-state index in [2.05, 4.69) is 57.2 Å². The first-order valence-electron chi connectivity index (χ1n) is 28.5. The average molecular weight is 914 g/mol. The zero-order valence-electron chi connectivity index (χ0n) is 43.5. The lowest BCUT2D eigenvalue weighted by molar-refractivity contribution is -0.167. The van der Waals surface area contributed by atoms with Gasteiger partial charge in [-0.1, -0.05) is 243 Å². The largest absolute Gasteiger partial charge is 0.462 e. The number of hydrogen-bond donors (Lipinski definition) is 0. The van der Waals surface area contributed by atoms with Crippen molar-refractivity contribution in [3.63, 3.8) is 0 Å². The van der Waals surface area contributed by atoms with E-state index in [-0.39, 0.29) is 31.1 Å². The van der Waals surface area contributed by atoms with Crippen LogP contribution in [-0.4, -0.2) is 37.2 Å². The van der Waals surface area contributed by atoms with Gasteiger partial charge in [0.1, 0.15) is 13.2 Å². The molecule has 0 aliphatic heterocycles. The van der Waals surface area contributed by atoms with Crippen LogP contribution in [0.1, 0.15) is 303 Å². The summed E-state index contributed by atoms with van der Waals surface area (Å²) >= 11 is 0. The van der Waals surface area contributed by atoms with Crippen LogP contribution in [0, 0.1) is 0 Å². The van der Waals surface area contributed by atoms with Gasteiger partial charge in [-0.25, -0.2) is 0 Å². The van der Waals surface area contributed by atoms with Crippen LogP contribution < -0.4 is 0 Å². The summed E-state index contributed by atoms with van der Waals surface area (Å²) in [5, 5.41) is 0. The topological polar surface area (TPSA) is 78.9 Å². The Bertz CT molecular complexity index is 1090. The van der Waals surface area contributed by atoms with Crippen LogP contribution in [0.2, 0.25) is 0 Å². The maximum Gasteiger partial charge on any atom is 0.306 e. The Labute approximate surface area is 404 Å². The Kier molecular flexibility index (Phi) is 52.3. The highest BCUT2D eigenvalue weighted by atomic mass is 16.6. The summed E-state index contributed by atoms with van der Waals surface area (Å²) in [7, 11) is 0. The molecule has 0 spiro atoms. The molecule has 0 N–H and O–H groups in total. The predicted molar refractivity (Wildman–Crippen MR) is 279 cm³/mol. The molecule has 1 atom stereocenters. The summed E-state index contributed by atoms with van der Waals surface area (Å²) in [6, 6.07) is 0. The van der Waals surface area contributed by atoms with Gasteiger partial charge in [-0.05, 0) is 77.0 Å². The van der Waals surface area contributed by atoms with E-state index < -0.39 is 6.10 Å². The van der Waals surface area contributed by atoms with E-state index in [9.17, 15) is 14.4 Å². The number of unbranched alkanes of at least 4 members (excludes halogenated alkanes) is 35. The molecule has 0 heterocycles. The third-order valence-corrected chi connectivity index (χ3v) is 12.6. The van der Waals surface area contributed by atoms with Crippen LogP contribution >= 0.6 is 0 Å². The molecule has 1 unspecified atom stereocenters. The average Bonchev–Trinajstić information content (AvgIpc) is 3.30. The standard InChI is InChI=1S/C59H108O6/c1-4-7-10-13-16-19-21-23-25-26-27-28-29-30-31-32-34-35-37-40-43-46-49-52-58(61)64-55-56(54-63-57(60)51-48-45-42-39-18-15-12-9-6-3)65-59(62)53-50-47-44-41-38-36-33-24-22-20-17-14-11-8-5-2/h21,23-24,26-27,33,56H,4-20,22,25,28-32,34-55H2,1-3H3/b23-21-,27-26-,33-24-. The summed E-state index contributed by atoms with van der Waals surface area (Å²) < 4.78 is 16.8. The summed E-state index contributed by atoms with van der Waals surface area (Å²) in [5.74, 6) is -0.873. The molecule has 0 saturated carbocycles. The minimum Gasteiger partial charge on any atom is -0.462 e. The van der Waals surface area contributed by atoms with Crippen LogP contribution in [0.15, 0.2) is 36.5 Å². The molecule has 0 aromatic rings. The van der Waals surface area contributed by atoms with E-state index in [0.29, 0.717) is 19.3 Å². The molecular formula is C59H108O6. The van der Waals surface area contributed by atoms with Gasteiger partial charge in [0, 0.05) is 19.3 Å². The van der Waals surface area contributed by atoms with E-state index in [1.807, 2.05) is 0 Å². The van der Waals surface area contributed by atoms with E-state index in [4.69, 9.17) is 14.2 Å². The molecule has 6 nitrogen and oxygen atoms in total. The van der Waals surface area contributed by atoms with Gasteiger partial charge in [-0.15, -0.1) is 0 Å². The van der Waals surface area contributed by atoms with Gasteiger partial charge in [-0.2, -0.15) is 0 Å². The lowest BCUT2D eigenvalue weighted by atomic mass is 10.0. The SMILES string of the molecule is CCCCCCC/C=C\C/C=C\CCCCCCCCCCCCCC(=O)OCC(COC(=O)CCCCCCCCCCC)OC(=O)CCCCCCC/C=C\CCCCCCCC. The van der Waals surface area contributed by atoms with Crippen molar-refractivity contribution in [1.82, 2.24) is 0 Å². The lowest BCUT2D eigenvalue weighted by Crippen LogP contribution is -2.30. The predicted octanol–water partition coefficient (Wildman–Crippen LogP) is 18.9. The van der Waals surface area contributed by atoms with E-state index in [1.165, 1.54) is 193 Å². The molecule has 0 bridgehead atoms. The van der Waals surface area contributed by atoms with Gasteiger partial charge in [0.25, 0.3) is 0 Å². The summed E-state index contributed by atoms with van der Waals surface area (Å²) in [4.78, 5) is 38.0. The maximum atomic E-state index is 12.8. The van der Waals surface area contributed by atoms with Crippen molar-refractivity contribution >= 4 is 17.9 Å². The Balaban J connectivity index is 4.22. The third kappa shape index (κ3) is 52.5. The number of hydrogen-bond acceptors (Lipinski definition) is 6. The van der Waals surface area contributed by atoms with Gasteiger partial charge in [0.2, 0.25) is 0 Å². The van der Waals surface area contributed by atoms with Crippen molar-refractivity contribution in [3.8, 4) is 0 Å². The van der Waals surface area contributed by atoms with Crippen LogP contribution in [0.5, 0.6) is 0 Å². The smallest absolute Gasteiger partial charge is 0.306 e. The molecule has 380 valence electrons. The second-order valence-electron chi connectivity index (χ2n) is 19.2. The quantitative estimate of drug-likeness (QED) is 0.0262. The van der Waals surface area contributed by atoms with Crippen LogP contribution in [0.4, 0.5) is 0 Å². The Morgan fingerprint density at radius 3 is 0.862 bits per heavy atom. The van der Waals surface area contributed by atoms with Crippen molar-refractivity contribution in [3.05, 3.63) is 36.5 Å². The summed E-state index contributed by atoms with van der Waals surface area (Å²) in [6.07, 6.45) is 64.3. The van der Waals surface area contributed by atoms with Crippen LogP contribution in [-0.2, 0) is 28.6 Å². The van der Waals surface area contributed by atoms with Crippen LogP contribution in [0.3, 0.4) is 0 Å². The minimum atomic E-state index is -0.773. The highest BCUT2D eigenvalue weighted by Gasteiger charge is 2.19. The minimum absolute atomic E-state index is 0.0730. The Hall–Kier alpha value is -2.37. The molecule has 0 saturated heterocycles. The number of rotatable bonds is 52. The van der Waals surface area contributed by atoms with Gasteiger partial charge >= 0.3 is 17.9 Å². The fraction of sp³-hybridized carbons (Fsp3) is 0.847. The molecule has 0 radical (unpaired) electrons. The molecule has 6 heteroatoms. The highest BCUT2D eigenvalue weighted by Crippen LogP contribution is 2.16. The van der Waals surface area contributed by atoms with E-state index in [0.717, 1.165) is 70.6 Å². The van der Waals surface area contributed by atoms with Gasteiger partial charge in [-0.3, -0.25) is 14.4 Å². The first-order valence-corrected chi connectivity index (χ1v) is 28.5. The first-order chi connectivity index (χ1) is 32.0. The maximum absolute atomic E-state index is 12.8. The zero-order chi connectivity index (χ0) is 47.2. The summed E-state index contributed by atoms with van der Waals surface area (Å²) in [5.41, 5.74) is 0. The van der Waals surface area contributed by atoms with Crippen molar-refractivity contribution in [2.24, 2.45) is 0 Å². The number of esters is 3. The summed E-state index contributed by atoms with van der Waals surface area (Å²) in [6.45, 7) is 6.63.